The van der Waals surface area contributed by atoms with Gasteiger partial charge in [-0.25, -0.2) is 9.59 Å². The Bertz CT molecular complexity index is 736. The highest BCUT2D eigenvalue weighted by Crippen LogP contribution is 2.62. The number of ether oxygens (including phenoxy) is 2. The van der Waals surface area contributed by atoms with Crippen molar-refractivity contribution in [2.24, 2.45) is 22.7 Å². The number of methoxy groups -OCH3 is 1. The summed E-state index contributed by atoms with van der Waals surface area (Å²) in [7, 11) is 1.38. The minimum Gasteiger partial charge on any atom is -0.478 e. The van der Waals surface area contributed by atoms with Crippen molar-refractivity contribution in [1.29, 1.82) is 0 Å². The maximum absolute atomic E-state index is 12.6. The molecule has 5 atom stereocenters. The standard InChI is InChI=1S/C23H34O6/c1-14(11-20(25)26)7-9-22(4)15(2)8-10-23(5)18(21(27)28-6)12-17(13-19(22)23)29-16(3)24/h11-12,15,17,19H,7-10,13H2,1-6H3,(H,25,26). The molecule has 0 aliphatic heterocycles. The normalized spacial score (nSPS) is 34.6. The number of esters is 2. The molecule has 1 N–H and O–H groups in total. The summed E-state index contributed by atoms with van der Waals surface area (Å²) in [5, 5.41) is 9.02. The number of fused-ring (bicyclic) bond motifs is 1. The molecular formula is C23H34O6. The third kappa shape index (κ3) is 4.73. The van der Waals surface area contributed by atoms with Crippen LogP contribution in [0.5, 0.6) is 0 Å². The lowest BCUT2D eigenvalue weighted by Gasteiger charge is -2.58. The van der Waals surface area contributed by atoms with E-state index >= 15 is 0 Å². The van der Waals surface area contributed by atoms with Gasteiger partial charge < -0.3 is 14.6 Å². The third-order valence-electron chi connectivity index (χ3n) is 7.37. The minimum absolute atomic E-state index is 0.111. The van der Waals surface area contributed by atoms with E-state index in [9.17, 15) is 14.4 Å². The number of carbonyl (C=O) groups excluding carboxylic acids is 2. The van der Waals surface area contributed by atoms with E-state index < -0.39 is 12.1 Å². The Kier molecular flexibility index (Phi) is 6.97. The van der Waals surface area contributed by atoms with Crippen LogP contribution in [0, 0.1) is 22.7 Å². The summed E-state index contributed by atoms with van der Waals surface area (Å²) in [6.45, 7) is 9.80. The Labute approximate surface area is 173 Å². The Morgan fingerprint density at radius 2 is 1.93 bits per heavy atom. The Morgan fingerprint density at radius 3 is 2.48 bits per heavy atom. The van der Waals surface area contributed by atoms with Crippen molar-refractivity contribution in [2.75, 3.05) is 7.11 Å². The highest BCUT2D eigenvalue weighted by Gasteiger charge is 2.57. The Balaban J connectivity index is 2.44. The van der Waals surface area contributed by atoms with Crippen molar-refractivity contribution >= 4 is 17.9 Å². The lowest BCUT2D eigenvalue weighted by molar-refractivity contribution is -0.152. The van der Waals surface area contributed by atoms with Crippen LogP contribution in [0.3, 0.4) is 0 Å². The van der Waals surface area contributed by atoms with Crippen LogP contribution in [-0.2, 0) is 23.9 Å². The zero-order valence-electron chi connectivity index (χ0n) is 18.4. The van der Waals surface area contributed by atoms with E-state index in [0.717, 1.165) is 24.8 Å². The lowest BCUT2D eigenvalue weighted by atomic mass is 9.46. The van der Waals surface area contributed by atoms with Crippen molar-refractivity contribution in [3.8, 4) is 0 Å². The van der Waals surface area contributed by atoms with E-state index in [1.807, 2.05) is 6.92 Å². The average molecular weight is 407 g/mol. The maximum atomic E-state index is 12.6. The van der Waals surface area contributed by atoms with Gasteiger partial charge in [-0.05, 0) is 62.4 Å². The van der Waals surface area contributed by atoms with Gasteiger partial charge in [0.2, 0.25) is 0 Å². The van der Waals surface area contributed by atoms with Crippen LogP contribution in [-0.4, -0.2) is 36.2 Å². The smallest absolute Gasteiger partial charge is 0.334 e. The molecule has 2 aliphatic rings. The number of aliphatic carboxylic acids is 1. The van der Waals surface area contributed by atoms with Crippen molar-refractivity contribution in [2.45, 2.75) is 72.8 Å². The Hall–Kier alpha value is -2.11. The van der Waals surface area contributed by atoms with E-state index in [0.29, 0.717) is 24.3 Å². The van der Waals surface area contributed by atoms with Crippen LogP contribution in [0.25, 0.3) is 0 Å². The zero-order valence-corrected chi connectivity index (χ0v) is 18.4. The summed E-state index contributed by atoms with van der Waals surface area (Å²) in [5.41, 5.74) is 0.926. The molecule has 0 saturated heterocycles. The fourth-order valence-electron chi connectivity index (χ4n) is 5.50. The van der Waals surface area contributed by atoms with Crippen LogP contribution in [0.2, 0.25) is 0 Å². The third-order valence-corrected chi connectivity index (χ3v) is 7.37. The van der Waals surface area contributed by atoms with E-state index in [2.05, 4.69) is 20.8 Å². The van der Waals surface area contributed by atoms with E-state index in [1.54, 1.807) is 6.08 Å². The van der Waals surface area contributed by atoms with Crippen LogP contribution >= 0.6 is 0 Å². The fourth-order valence-corrected chi connectivity index (χ4v) is 5.50. The van der Waals surface area contributed by atoms with Gasteiger partial charge in [-0.2, -0.15) is 0 Å². The van der Waals surface area contributed by atoms with Gasteiger partial charge in [-0.3, -0.25) is 4.79 Å². The fraction of sp³-hybridized carbons (Fsp3) is 0.696. The number of hydrogen-bond donors (Lipinski definition) is 1. The first-order chi connectivity index (χ1) is 13.4. The molecule has 0 bridgehead atoms. The van der Waals surface area contributed by atoms with Gasteiger partial charge in [0, 0.05) is 24.0 Å². The molecule has 0 aromatic rings. The van der Waals surface area contributed by atoms with Crippen molar-refractivity contribution in [3.63, 3.8) is 0 Å². The molecule has 0 radical (unpaired) electrons. The molecule has 1 fully saturated rings. The van der Waals surface area contributed by atoms with Crippen LogP contribution in [0.1, 0.15) is 66.7 Å². The highest BCUT2D eigenvalue weighted by atomic mass is 16.5. The van der Waals surface area contributed by atoms with E-state index in [4.69, 9.17) is 14.6 Å². The second-order valence-electron chi connectivity index (χ2n) is 9.20. The van der Waals surface area contributed by atoms with Crippen LogP contribution in [0.15, 0.2) is 23.3 Å². The maximum Gasteiger partial charge on any atom is 0.334 e. The van der Waals surface area contributed by atoms with Crippen molar-refractivity contribution in [3.05, 3.63) is 23.3 Å². The number of carboxylic acid groups (broad SMARTS) is 1. The molecule has 0 amide bonds. The van der Waals surface area contributed by atoms with Gasteiger partial charge in [0.15, 0.2) is 0 Å². The number of carbonyl (C=O) groups is 3. The summed E-state index contributed by atoms with van der Waals surface area (Å²) >= 11 is 0. The van der Waals surface area contributed by atoms with E-state index in [-0.39, 0.29) is 28.7 Å². The van der Waals surface area contributed by atoms with Gasteiger partial charge in [0.25, 0.3) is 0 Å². The van der Waals surface area contributed by atoms with Gasteiger partial charge in [-0.15, -0.1) is 0 Å². The second-order valence-corrected chi connectivity index (χ2v) is 9.20. The first-order valence-corrected chi connectivity index (χ1v) is 10.3. The molecule has 0 spiro atoms. The number of hydrogen-bond acceptors (Lipinski definition) is 5. The quantitative estimate of drug-likeness (QED) is 0.523. The molecule has 6 heteroatoms. The lowest BCUT2D eigenvalue weighted by Crippen LogP contribution is -2.53. The molecule has 0 aromatic carbocycles. The summed E-state index contributed by atoms with van der Waals surface area (Å²) in [6, 6.07) is 0. The largest absolute Gasteiger partial charge is 0.478 e. The van der Waals surface area contributed by atoms with Crippen molar-refractivity contribution in [1.82, 2.24) is 0 Å². The summed E-state index contributed by atoms with van der Waals surface area (Å²) in [6.07, 6.45) is 6.55. The van der Waals surface area contributed by atoms with Crippen LogP contribution < -0.4 is 0 Å². The predicted molar refractivity (Wildman–Crippen MR) is 109 cm³/mol. The molecule has 29 heavy (non-hydrogen) atoms. The zero-order chi connectivity index (χ0) is 22.0. The molecule has 0 heterocycles. The molecule has 1 saturated carbocycles. The van der Waals surface area contributed by atoms with E-state index in [1.165, 1.54) is 20.1 Å². The predicted octanol–water partition coefficient (Wildman–Crippen LogP) is 4.29. The summed E-state index contributed by atoms with van der Waals surface area (Å²) < 4.78 is 10.6. The molecule has 2 rings (SSSR count). The Morgan fingerprint density at radius 1 is 1.28 bits per heavy atom. The molecule has 162 valence electrons. The van der Waals surface area contributed by atoms with Gasteiger partial charge in [-0.1, -0.05) is 26.3 Å². The molecule has 0 aromatic heterocycles. The first-order valence-electron chi connectivity index (χ1n) is 10.3. The topological polar surface area (TPSA) is 89.9 Å². The molecule has 5 unspecified atom stereocenters. The molecule has 2 aliphatic carbocycles. The average Bonchev–Trinajstić information content (AvgIpc) is 2.63. The number of rotatable bonds is 6. The highest BCUT2D eigenvalue weighted by molar-refractivity contribution is 5.90. The summed E-state index contributed by atoms with van der Waals surface area (Å²) in [5.74, 6) is -1.16. The van der Waals surface area contributed by atoms with Crippen LogP contribution in [0.4, 0.5) is 0 Å². The van der Waals surface area contributed by atoms with Crippen molar-refractivity contribution < 1.29 is 29.0 Å². The monoisotopic (exact) mass is 406 g/mol. The SMILES string of the molecule is COC(=O)C1=CC(OC(C)=O)CC2C1(C)CCC(C)C2(C)CCC(C)=CC(=O)O. The molecular weight excluding hydrogens is 372 g/mol. The minimum atomic E-state index is -0.933. The molecule has 6 nitrogen and oxygen atoms in total. The van der Waals surface area contributed by atoms with Gasteiger partial charge >= 0.3 is 17.9 Å². The van der Waals surface area contributed by atoms with Gasteiger partial charge in [0.05, 0.1) is 7.11 Å². The second kappa shape index (κ2) is 8.72. The first kappa shape index (κ1) is 23.2. The number of allylic oxidation sites excluding steroid dienone is 1. The number of carboxylic acids is 1. The van der Waals surface area contributed by atoms with Gasteiger partial charge in [0.1, 0.15) is 6.10 Å². The summed E-state index contributed by atoms with van der Waals surface area (Å²) in [4.78, 5) is 35.2.